The van der Waals surface area contributed by atoms with Crippen LogP contribution in [0.2, 0.25) is 5.02 Å². The topological polar surface area (TPSA) is 49.4 Å². The van der Waals surface area contributed by atoms with Crippen LogP contribution in [0.4, 0.5) is 0 Å². The zero-order valence-corrected chi connectivity index (χ0v) is 17.3. The van der Waals surface area contributed by atoms with Crippen LogP contribution in [-0.4, -0.2) is 40.9 Å². The maximum atomic E-state index is 12.7. The summed E-state index contributed by atoms with van der Waals surface area (Å²) in [4.78, 5) is 27.1. The lowest BCUT2D eigenvalue weighted by Gasteiger charge is -2.27. The van der Waals surface area contributed by atoms with Gasteiger partial charge >= 0.3 is 0 Å². The van der Waals surface area contributed by atoms with E-state index in [2.05, 4.69) is 5.32 Å². The van der Waals surface area contributed by atoms with Crippen LogP contribution in [0.15, 0.2) is 24.3 Å². The van der Waals surface area contributed by atoms with E-state index in [9.17, 15) is 9.59 Å². The van der Waals surface area contributed by atoms with Crippen molar-refractivity contribution >= 4 is 35.2 Å². The van der Waals surface area contributed by atoms with Crippen LogP contribution in [-0.2, 0) is 15.0 Å². The van der Waals surface area contributed by atoms with Gasteiger partial charge < -0.3 is 10.2 Å². The number of carbonyl (C=O) groups excluding carboxylic acids is 2. The van der Waals surface area contributed by atoms with Crippen molar-refractivity contribution in [1.82, 2.24) is 10.2 Å². The van der Waals surface area contributed by atoms with E-state index < -0.39 is 0 Å². The fraction of sp³-hybridized carbons (Fsp3) is 0.600. The van der Waals surface area contributed by atoms with Crippen molar-refractivity contribution in [1.29, 1.82) is 0 Å². The van der Waals surface area contributed by atoms with E-state index in [4.69, 9.17) is 11.6 Å². The number of halogens is 1. The van der Waals surface area contributed by atoms with Crippen LogP contribution in [0.5, 0.6) is 0 Å². The highest BCUT2D eigenvalue weighted by Crippen LogP contribution is 2.47. The highest BCUT2D eigenvalue weighted by Gasteiger charge is 2.45. The van der Waals surface area contributed by atoms with Gasteiger partial charge in [-0.1, -0.05) is 44.5 Å². The molecule has 4 nitrogen and oxygen atoms in total. The quantitative estimate of drug-likeness (QED) is 0.825. The van der Waals surface area contributed by atoms with Crippen molar-refractivity contribution in [2.45, 2.75) is 51.5 Å². The number of rotatable bonds is 5. The van der Waals surface area contributed by atoms with E-state index in [1.165, 1.54) is 5.56 Å². The lowest BCUT2D eigenvalue weighted by molar-refractivity contribution is -0.139. The van der Waals surface area contributed by atoms with Crippen LogP contribution in [0.1, 0.15) is 45.6 Å². The number of thioether (sulfide) groups is 1. The molecule has 1 saturated carbocycles. The largest absolute Gasteiger partial charge is 0.353 e. The SMILES string of the molecule is CC(C)(C)CC(=O)N1CSCC1C(=O)NCC1(c2ccc(Cl)cc2)CC1. The van der Waals surface area contributed by atoms with E-state index in [0.717, 1.165) is 17.9 Å². The first-order valence-corrected chi connectivity index (χ1v) is 10.6. The van der Waals surface area contributed by atoms with Gasteiger partial charge in [0.1, 0.15) is 6.04 Å². The Morgan fingerprint density at radius 2 is 1.92 bits per heavy atom. The second-order valence-electron chi connectivity index (χ2n) is 8.62. The van der Waals surface area contributed by atoms with Gasteiger partial charge in [-0.05, 0) is 36.0 Å². The Bertz CT molecular complexity index is 680. The molecule has 2 fully saturated rings. The molecule has 3 rings (SSSR count). The summed E-state index contributed by atoms with van der Waals surface area (Å²) in [5.74, 6) is 1.32. The lowest BCUT2D eigenvalue weighted by Crippen LogP contribution is -2.49. The van der Waals surface area contributed by atoms with Gasteiger partial charge in [0.15, 0.2) is 0 Å². The summed E-state index contributed by atoms with van der Waals surface area (Å²) in [7, 11) is 0. The van der Waals surface area contributed by atoms with Gasteiger partial charge in [0.25, 0.3) is 0 Å². The minimum Gasteiger partial charge on any atom is -0.353 e. The van der Waals surface area contributed by atoms with Crippen molar-refractivity contribution in [2.24, 2.45) is 5.41 Å². The minimum atomic E-state index is -0.351. The van der Waals surface area contributed by atoms with Crippen molar-refractivity contribution in [3.63, 3.8) is 0 Å². The average molecular weight is 395 g/mol. The van der Waals surface area contributed by atoms with E-state index in [1.807, 2.05) is 45.0 Å². The zero-order chi connectivity index (χ0) is 18.9. The number of nitrogens with zero attached hydrogens (tertiary/aromatic N) is 1. The van der Waals surface area contributed by atoms with E-state index in [0.29, 0.717) is 24.6 Å². The third-order valence-corrected chi connectivity index (χ3v) is 6.36. The standard InChI is InChI=1S/C20H27ClN2O2S/c1-19(2,3)10-17(24)23-13-26-11-16(23)18(25)22-12-20(8-9-20)14-4-6-15(21)7-5-14/h4-7,16H,8-13H2,1-3H3,(H,22,25). The Kier molecular flexibility index (Phi) is 5.59. The molecule has 6 heteroatoms. The van der Waals surface area contributed by atoms with Crippen molar-refractivity contribution in [3.8, 4) is 0 Å². The average Bonchev–Trinajstić information content (AvgIpc) is 3.18. The predicted octanol–water partition coefficient (Wildman–Crippen LogP) is 3.83. The molecule has 0 radical (unpaired) electrons. The first kappa shape index (κ1) is 19.6. The molecule has 1 atom stereocenters. The first-order chi connectivity index (χ1) is 12.2. The van der Waals surface area contributed by atoms with Gasteiger partial charge in [-0.15, -0.1) is 11.8 Å². The fourth-order valence-corrected chi connectivity index (χ4v) is 4.66. The highest BCUT2D eigenvalue weighted by atomic mass is 35.5. The van der Waals surface area contributed by atoms with Crippen molar-refractivity contribution < 1.29 is 9.59 Å². The molecule has 1 heterocycles. The fourth-order valence-electron chi connectivity index (χ4n) is 3.36. The molecule has 1 aromatic rings. The Labute approximate surface area is 165 Å². The lowest BCUT2D eigenvalue weighted by atomic mass is 9.91. The maximum absolute atomic E-state index is 12.7. The van der Waals surface area contributed by atoms with Gasteiger partial charge in [0.2, 0.25) is 11.8 Å². The Morgan fingerprint density at radius 1 is 1.27 bits per heavy atom. The third kappa shape index (κ3) is 4.55. The monoisotopic (exact) mass is 394 g/mol. The number of hydrogen-bond donors (Lipinski definition) is 1. The second-order valence-corrected chi connectivity index (χ2v) is 10.1. The summed E-state index contributed by atoms with van der Waals surface area (Å²) in [6, 6.07) is 7.55. The summed E-state index contributed by atoms with van der Waals surface area (Å²) in [6.07, 6.45) is 2.61. The second kappa shape index (κ2) is 7.43. The zero-order valence-electron chi connectivity index (χ0n) is 15.7. The molecule has 0 spiro atoms. The predicted molar refractivity (Wildman–Crippen MR) is 107 cm³/mol. The van der Waals surface area contributed by atoms with Crippen LogP contribution in [0, 0.1) is 5.41 Å². The summed E-state index contributed by atoms with van der Waals surface area (Å²) in [6.45, 7) is 6.76. The summed E-state index contributed by atoms with van der Waals surface area (Å²) in [5, 5.41) is 3.84. The maximum Gasteiger partial charge on any atom is 0.243 e. The van der Waals surface area contributed by atoms with Gasteiger partial charge in [-0.2, -0.15) is 0 Å². The summed E-state index contributed by atoms with van der Waals surface area (Å²) in [5.41, 5.74) is 1.19. The Hall–Kier alpha value is -1.20. The summed E-state index contributed by atoms with van der Waals surface area (Å²) >= 11 is 7.63. The number of hydrogen-bond acceptors (Lipinski definition) is 3. The summed E-state index contributed by atoms with van der Waals surface area (Å²) < 4.78 is 0. The third-order valence-electron chi connectivity index (χ3n) is 5.10. The Morgan fingerprint density at radius 3 is 2.50 bits per heavy atom. The molecule has 142 valence electrons. The van der Waals surface area contributed by atoms with E-state index >= 15 is 0 Å². The molecule has 26 heavy (non-hydrogen) atoms. The molecule has 1 unspecified atom stereocenters. The molecule has 2 aliphatic rings. The molecule has 1 aliphatic heterocycles. The van der Waals surface area contributed by atoms with E-state index in [-0.39, 0.29) is 28.7 Å². The number of carbonyl (C=O) groups is 2. The van der Waals surface area contributed by atoms with Gasteiger partial charge in [-0.25, -0.2) is 0 Å². The molecule has 1 saturated heterocycles. The van der Waals surface area contributed by atoms with Crippen LogP contribution >= 0.6 is 23.4 Å². The number of amides is 2. The smallest absolute Gasteiger partial charge is 0.243 e. The molecule has 1 aromatic carbocycles. The van der Waals surface area contributed by atoms with Gasteiger partial charge in [-0.3, -0.25) is 9.59 Å². The molecule has 1 N–H and O–H groups in total. The van der Waals surface area contributed by atoms with Gasteiger partial charge in [0.05, 0.1) is 5.88 Å². The normalized spacial score (nSPS) is 21.5. The number of benzene rings is 1. The molecule has 2 amide bonds. The molecular formula is C20H27ClN2O2S. The van der Waals surface area contributed by atoms with Crippen LogP contribution in [0.3, 0.4) is 0 Å². The minimum absolute atomic E-state index is 0.0301. The highest BCUT2D eigenvalue weighted by molar-refractivity contribution is 7.99. The van der Waals surface area contributed by atoms with Crippen LogP contribution in [0.25, 0.3) is 0 Å². The molecule has 0 aromatic heterocycles. The van der Waals surface area contributed by atoms with Crippen LogP contribution < -0.4 is 5.32 Å². The van der Waals surface area contributed by atoms with E-state index in [1.54, 1.807) is 16.7 Å². The number of nitrogens with one attached hydrogen (secondary N) is 1. The first-order valence-electron chi connectivity index (χ1n) is 9.11. The molecular weight excluding hydrogens is 368 g/mol. The molecule has 1 aliphatic carbocycles. The Balaban J connectivity index is 1.59. The van der Waals surface area contributed by atoms with Gasteiger partial charge in [0, 0.05) is 29.2 Å². The van der Waals surface area contributed by atoms with Crippen molar-refractivity contribution in [2.75, 3.05) is 18.2 Å². The van der Waals surface area contributed by atoms with Crippen molar-refractivity contribution in [3.05, 3.63) is 34.9 Å². The molecule has 0 bridgehead atoms.